The fourth-order valence-corrected chi connectivity index (χ4v) is 4.25. The van der Waals surface area contributed by atoms with Crippen LogP contribution in [0.25, 0.3) is 22.3 Å². The molecule has 0 spiro atoms. The first-order chi connectivity index (χ1) is 14.9. The molecule has 0 aliphatic heterocycles. The monoisotopic (exact) mass is 416 g/mol. The number of rotatable bonds is 13. The topological polar surface area (TPSA) is 0 Å². The second kappa shape index (κ2) is 13.3. The first-order valence-corrected chi connectivity index (χ1v) is 12.4. The van der Waals surface area contributed by atoms with Gasteiger partial charge < -0.3 is 0 Å². The second-order valence-corrected chi connectivity index (χ2v) is 8.74. The minimum absolute atomic E-state index is 1.04. The van der Waals surface area contributed by atoms with Crippen molar-refractivity contribution in [3.8, 4) is 22.3 Å². The lowest BCUT2D eigenvalue weighted by Gasteiger charge is -2.07. The van der Waals surface area contributed by atoms with E-state index in [1.807, 2.05) is 0 Å². The molecule has 0 nitrogen and oxygen atoms in total. The van der Waals surface area contributed by atoms with Crippen LogP contribution in [0, 0.1) is 0 Å². The molecule has 0 saturated heterocycles. The molecule has 3 rings (SSSR count). The predicted octanol–water partition coefficient (Wildman–Crippen LogP) is 9.00. The van der Waals surface area contributed by atoms with Crippen molar-refractivity contribution in [2.45, 2.75) is 64.2 Å². The molecule has 0 fully saturated rings. The highest BCUT2D eigenvalue weighted by molar-refractivity contribution is 7.80. The smallest absolute Gasteiger partial charge is 0.00979 e. The lowest BCUT2D eigenvalue weighted by atomic mass is 9.98. The summed E-state index contributed by atoms with van der Waals surface area (Å²) in [6.07, 6.45) is 13.5. The molecule has 0 radical (unpaired) electrons. The van der Waals surface area contributed by atoms with Crippen LogP contribution in [-0.2, 0) is 6.42 Å². The van der Waals surface area contributed by atoms with Gasteiger partial charge in [-0.2, -0.15) is 12.6 Å². The summed E-state index contributed by atoms with van der Waals surface area (Å²) >= 11 is 4.27. The Labute approximate surface area is 189 Å². The van der Waals surface area contributed by atoms with Crippen LogP contribution in [0.1, 0.15) is 63.4 Å². The lowest BCUT2D eigenvalue weighted by Crippen LogP contribution is -1.87. The Morgan fingerprint density at radius 2 is 0.800 bits per heavy atom. The van der Waals surface area contributed by atoms with Gasteiger partial charge in [0.05, 0.1) is 0 Å². The summed E-state index contributed by atoms with van der Waals surface area (Å²) < 4.78 is 0. The summed E-state index contributed by atoms with van der Waals surface area (Å²) in [5.74, 6) is 1.04. The Hall–Kier alpha value is -1.99. The van der Waals surface area contributed by atoms with Crippen molar-refractivity contribution < 1.29 is 0 Å². The van der Waals surface area contributed by atoms with Crippen LogP contribution < -0.4 is 0 Å². The summed E-state index contributed by atoms with van der Waals surface area (Å²) in [6.45, 7) is 0. The molecule has 3 aromatic rings. The molecule has 0 aliphatic rings. The second-order valence-electron chi connectivity index (χ2n) is 8.30. The third-order valence-electron chi connectivity index (χ3n) is 5.90. The summed E-state index contributed by atoms with van der Waals surface area (Å²) in [7, 11) is 0. The van der Waals surface area contributed by atoms with Gasteiger partial charge in [0.25, 0.3) is 0 Å². The molecular formula is C29H36S. The van der Waals surface area contributed by atoms with Crippen molar-refractivity contribution in [2.24, 2.45) is 0 Å². The number of unbranched alkanes of at least 4 members (excludes halogenated alkanes) is 8. The number of benzene rings is 3. The molecule has 158 valence electrons. The van der Waals surface area contributed by atoms with Gasteiger partial charge in [-0.25, -0.2) is 0 Å². The van der Waals surface area contributed by atoms with Crippen molar-refractivity contribution in [3.63, 3.8) is 0 Å². The molecule has 0 aromatic heterocycles. The third kappa shape index (κ3) is 7.69. The van der Waals surface area contributed by atoms with Gasteiger partial charge in [0, 0.05) is 0 Å². The van der Waals surface area contributed by atoms with Gasteiger partial charge >= 0.3 is 0 Å². The number of hydrogen-bond acceptors (Lipinski definition) is 1. The van der Waals surface area contributed by atoms with Crippen LogP contribution in [0.2, 0.25) is 0 Å². The molecule has 3 aromatic carbocycles. The van der Waals surface area contributed by atoms with Gasteiger partial charge in [-0.3, -0.25) is 0 Å². The maximum atomic E-state index is 4.27. The maximum absolute atomic E-state index is 4.27. The van der Waals surface area contributed by atoms with E-state index in [9.17, 15) is 0 Å². The van der Waals surface area contributed by atoms with Crippen LogP contribution in [0.3, 0.4) is 0 Å². The Balaban J connectivity index is 1.37. The zero-order valence-corrected chi connectivity index (χ0v) is 19.1. The molecule has 0 atom stereocenters. The average Bonchev–Trinajstić information content (AvgIpc) is 2.81. The predicted molar refractivity (Wildman–Crippen MR) is 136 cm³/mol. The van der Waals surface area contributed by atoms with Crippen molar-refractivity contribution in [3.05, 3.63) is 84.4 Å². The molecule has 0 amide bonds. The van der Waals surface area contributed by atoms with E-state index in [1.54, 1.807) is 0 Å². The van der Waals surface area contributed by atoms with Gasteiger partial charge in [-0.1, -0.05) is 124 Å². The van der Waals surface area contributed by atoms with Crippen molar-refractivity contribution in [1.82, 2.24) is 0 Å². The van der Waals surface area contributed by atoms with E-state index >= 15 is 0 Å². The quantitative estimate of drug-likeness (QED) is 0.208. The first-order valence-electron chi connectivity index (χ1n) is 11.7. The highest BCUT2D eigenvalue weighted by Gasteiger charge is 2.01. The van der Waals surface area contributed by atoms with E-state index in [0.29, 0.717) is 0 Å². The molecule has 1 heteroatoms. The minimum Gasteiger partial charge on any atom is -0.179 e. The van der Waals surface area contributed by atoms with E-state index in [1.165, 1.54) is 92.0 Å². The lowest BCUT2D eigenvalue weighted by molar-refractivity contribution is 0.566. The summed E-state index contributed by atoms with van der Waals surface area (Å²) in [5, 5.41) is 0. The normalized spacial score (nSPS) is 11.0. The van der Waals surface area contributed by atoms with E-state index in [2.05, 4.69) is 91.5 Å². The molecule has 0 aliphatic carbocycles. The Morgan fingerprint density at radius 1 is 0.400 bits per heavy atom. The van der Waals surface area contributed by atoms with Gasteiger partial charge in [-0.15, -0.1) is 0 Å². The highest BCUT2D eigenvalue weighted by Crippen LogP contribution is 2.25. The summed E-state index contributed by atoms with van der Waals surface area (Å²) in [6, 6.07) is 28.6. The zero-order valence-electron chi connectivity index (χ0n) is 18.2. The maximum Gasteiger partial charge on any atom is -0.00979 e. The molecule has 30 heavy (non-hydrogen) atoms. The Morgan fingerprint density at radius 3 is 1.30 bits per heavy atom. The molecule has 0 bridgehead atoms. The van der Waals surface area contributed by atoms with Crippen molar-refractivity contribution in [1.29, 1.82) is 0 Å². The van der Waals surface area contributed by atoms with E-state index in [0.717, 1.165) is 5.75 Å². The molecule has 0 N–H and O–H groups in total. The zero-order chi connectivity index (χ0) is 20.9. The summed E-state index contributed by atoms with van der Waals surface area (Å²) in [5.41, 5.74) is 6.60. The first kappa shape index (κ1) is 22.7. The highest BCUT2D eigenvalue weighted by atomic mass is 32.1. The largest absolute Gasteiger partial charge is 0.179 e. The van der Waals surface area contributed by atoms with E-state index < -0.39 is 0 Å². The van der Waals surface area contributed by atoms with E-state index in [-0.39, 0.29) is 0 Å². The third-order valence-corrected chi connectivity index (χ3v) is 6.22. The van der Waals surface area contributed by atoms with Crippen molar-refractivity contribution in [2.75, 3.05) is 5.75 Å². The molecular weight excluding hydrogens is 380 g/mol. The molecule has 0 unspecified atom stereocenters. The average molecular weight is 417 g/mol. The van der Waals surface area contributed by atoms with Crippen molar-refractivity contribution >= 4 is 12.6 Å². The fraction of sp³-hybridized carbons (Fsp3) is 0.379. The van der Waals surface area contributed by atoms with Gasteiger partial charge in [0.15, 0.2) is 0 Å². The Kier molecular flexibility index (Phi) is 10.1. The van der Waals surface area contributed by atoms with Gasteiger partial charge in [-0.05, 0) is 52.8 Å². The van der Waals surface area contributed by atoms with Gasteiger partial charge in [0.1, 0.15) is 0 Å². The number of aryl methyl sites for hydroxylation is 1. The molecule has 0 heterocycles. The van der Waals surface area contributed by atoms with Crippen LogP contribution in [-0.4, -0.2) is 5.75 Å². The fourth-order valence-electron chi connectivity index (χ4n) is 4.03. The van der Waals surface area contributed by atoms with Crippen LogP contribution in [0.15, 0.2) is 78.9 Å². The number of hydrogen-bond donors (Lipinski definition) is 1. The van der Waals surface area contributed by atoms with Crippen LogP contribution >= 0.6 is 12.6 Å². The van der Waals surface area contributed by atoms with Gasteiger partial charge in [0.2, 0.25) is 0 Å². The minimum atomic E-state index is 1.04. The van der Waals surface area contributed by atoms with Crippen LogP contribution in [0.5, 0.6) is 0 Å². The standard InChI is InChI=1S/C29H36S/c30-24-12-7-5-3-1-2-4-6-9-13-25-16-18-27(19-17-25)29-22-20-28(21-23-29)26-14-10-8-11-15-26/h8,10-11,14-23,30H,1-7,9,12-13,24H2. The number of thiol groups is 1. The molecule has 0 saturated carbocycles. The van der Waals surface area contributed by atoms with Crippen LogP contribution in [0.4, 0.5) is 0 Å². The summed E-state index contributed by atoms with van der Waals surface area (Å²) in [4.78, 5) is 0. The SMILES string of the molecule is SCCCCCCCCCCCc1ccc(-c2ccc(-c3ccccc3)cc2)cc1. The van der Waals surface area contributed by atoms with E-state index in [4.69, 9.17) is 0 Å². The Bertz CT molecular complexity index is 819.